The van der Waals surface area contributed by atoms with Crippen LogP contribution in [0.3, 0.4) is 0 Å². The van der Waals surface area contributed by atoms with Crippen LogP contribution in [0.5, 0.6) is 11.5 Å². The van der Waals surface area contributed by atoms with Gasteiger partial charge in [-0.15, -0.1) is 6.58 Å². The molecule has 59 heavy (non-hydrogen) atoms. The van der Waals surface area contributed by atoms with E-state index in [1.165, 1.54) is 25.7 Å². The minimum absolute atomic E-state index is 0.0651. The maximum atomic E-state index is 14.6. The molecule has 3 aliphatic carbocycles. The van der Waals surface area contributed by atoms with Gasteiger partial charge >= 0.3 is 6.09 Å². The molecule has 6 atom stereocenters. The van der Waals surface area contributed by atoms with Crippen LogP contribution in [0.25, 0.3) is 0 Å². The SMILES string of the molecule is C=CCOC12Oc3ccc(OC(=O)NCc4ccccc4)cc3C3C(CCCCO)C(CCCCO)C=C(C(=NOCC)CC1N(CCC)C(=O)CCC1CCCC1)C32. The van der Waals surface area contributed by atoms with Gasteiger partial charge in [0.25, 0.3) is 0 Å². The monoisotopic (exact) mass is 813 g/mol. The number of hydrogen-bond acceptors (Lipinski definition) is 9. The third-order valence-electron chi connectivity index (χ3n) is 12.8. The molecule has 6 unspecified atom stereocenters. The zero-order valence-electron chi connectivity index (χ0n) is 35.3. The average Bonchev–Trinajstić information content (AvgIpc) is 3.78. The van der Waals surface area contributed by atoms with Gasteiger partial charge in [-0.2, -0.15) is 0 Å². The summed E-state index contributed by atoms with van der Waals surface area (Å²) < 4.78 is 20.4. The highest BCUT2D eigenvalue weighted by Crippen LogP contribution is 2.62. The average molecular weight is 814 g/mol. The number of amides is 2. The van der Waals surface area contributed by atoms with Crippen molar-refractivity contribution in [1.29, 1.82) is 0 Å². The predicted octanol–water partition coefficient (Wildman–Crippen LogP) is 8.84. The van der Waals surface area contributed by atoms with Crippen molar-refractivity contribution in [2.24, 2.45) is 28.8 Å². The lowest BCUT2D eigenvalue weighted by atomic mass is 9.55. The van der Waals surface area contributed by atoms with Gasteiger partial charge in [-0.3, -0.25) is 4.79 Å². The van der Waals surface area contributed by atoms with Crippen LogP contribution in [-0.2, 0) is 20.9 Å². The number of aliphatic hydroxyl groups excluding tert-OH is 2. The number of carbonyl (C=O) groups is 2. The van der Waals surface area contributed by atoms with E-state index in [1.54, 1.807) is 12.1 Å². The summed E-state index contributed by atoms with van der Waals surface area (Å²) >= 11 is 0. The summed E-state index contributed by atoms with van der Waals surface area (Å²) in [5, 5.41) is 27.5. The molecule has 0 radical (unpaired) electrons. The van der Waals surface area contributed by atoms with Gasteiger partial charge in [0.1, 0.15) is 24.1 Å². The number of carbonyl (C=O) groups excluding carboxylic acids is 2. The number of nitrogens with one attached hydrogen (secondary N) is 1. The Hall–Kier alpha value is -4.19. The van der Waals surface area contributed by atoms with E-state index in [4.69, 9.17) is 24.2 Å². The van der Waals surface area contributed by atoms with Crippen LogP contribution in [0.4, 0.5) is 4.79 Å². The molecule has 2 aromatic rings. The molecule has 4 aliphatic rings. The van der Waals surface area contributed by atoms with Gasteiger partial charge in [-0.1, -0.05) is 93.1 Å². The Morgan fingerprint density at radius 2 is 1.78 bits per heavy atom. The third-order valence-corrected chi connectivity index (χ3v) is 12.8. The number of aliphatic hydroxyl groups is 2. The molecule has 2 saturated carbocycles. The van der Waals surface area contributed by atoms with E-state index in [1.807, 2.05) is 54.3 Å². The number of unbranched alkanes of at least 4 members (excludes halogenated alkanes) is 2. The van der Waals surface area contributed by atoms with Crippen LogP contribution < -0.4 is 14.8 Å². The van der Waals surface area contributed by atoms with Gasteiger partial charge < -0.3 is 39.5 Å². The minimum atomic E-state index is -1.30. The van der Waals surface area contributed by atoms with Crippen molar-refractivity contribution < 1.29 is 38.9 Å². The quantitative estimate of drug-likeness (QED) is 0.0609. The summed E-state index contributed by atoms with van der Waals surface area (Å²) in [6, 6.07) is 14.7. The summed E-state index contributed by atoms with van der Waals surface area (Å²) in [6.07, 6.45) is 15.5. The van der Waals surface area contributed by atoms with Crippen molar-refractivity contribution in [2.75, 3.05) is 33.0 Å². The molecule has 2 fully saturated rings. The van der Waals surface area contributed by atoms with Crippen LogP contribution in [0.2, 0.25) is 0 Å². The molecular weight excluding hydrogens is 747 g/mol. The van der Waals surface area contributed by atoms with E-state index in [9.17, 15) is 19.8 Å². The lowest BCUT2D eigenvalue weighted by Crippen LogP contribution is -2.70. The fraction of sp³-hybridized carbons (Fsp3) is 0.604. The molecule has 0 saturated heterocycles. The molecule has 0 spiro atoms. The number of allylic oxidation sites excluding steroid dienone is 1. The number of ether oxygens (including phenoxy) is 3. The number of fused-ring (bicyclic) bond motifs is 2. The first kappa shape index (κ1) is 44.4. The number of benzene rings is 2. The van der Waals surface area contributed by atoms with Crippen LogP contribution in [-0.4, -0.2) is 77.6 Å². The second-order valence-electron chi connectivity index (χ2n) is 16.7. The number of nitrogens with zero attached hydrogens (tertiary/aromatic N) is 2. The summed E-state index contributed by atoms with van der Waals surface area (Å²) in [6.45, 7) is 9.74. The topological polar surface area (TPSA) is 139 Å². The molecule has 6 rings (SSSR count). The smallest absolute Gasteiger partial charge is 0.412 e. The molecular formula is C48H67N3O8. The Kier molecular flexibility index (Phi) is 16.5. The van der Waals surface area contributed by atoms with E-state index >= 15 is 0 Å². The normalized spacial score (nSPS) is 25.3. The molecule has 2 aromatic carbocycles. The number of rotatable bonds is 22. The molecule has 1 heterocycles. The van der Waals surface area contributed by atoms with E-state index in [0.29, 0.717) is 62.8 Å². The molecule has 0 bridgehead atoms. The van der Waals surface area contributed by atoms with Crippen molar-refractivity contribution in [3.05, 3.63) is 84.0 Å². The second kappa shape index (κ2) is 21.9. The van der Waals surface area contributed by atoms with Crippen molar-refractivity contribution in [2.45, 2.75) is 128 Å². The van der Waals surface area contributed by atoms with Gasteiger partial charge in [-0.25, -0.2) is 4.79 Å². The molecule has 1 aliphatic heterocycles. The van der Waals surface area contributed by atoms with Crippen molar-refractivity contribution >= 4 is 17.7 Å². The number of hydrogen-bond donors (Lipinski definition) is 3. The second-order valence-corrected chi connectivity index (χ2v) is 16.7. The Bertz CT molecular complexity index is 1740. The van der Waals surface area contributed by atoms with Gasteiger partial charge in [0.2, 0.25) is 11.7 Å². The highest BCUT2D eigenvalue weighted by Gasteiger charge is 2.65. The maximum absolute atomic E-state index is 14.6. The minimum Gasteiger partial charge on any atom is -0.459 e. The first-order valence-corrected chi connectivity index (χ1v) is 22.4. The third kappa shape index (κ3) is 10.6. The van der Waals surface area contributed by atoms with Crippen molar-refractivity contribution in [1.82, 2.24) is 10.2 Å². The molecule has 11 nitrogen and oxygen atoms in total. The van der Waals surface area contributed by atoms with Crippen molar-refractivity contribution in [3.8, 4) is 11.5 Å². The highest BCUT2D eigenvalue weighted by molar-refractivity contribution is 6.03. The fourth-order valence-corrected chi connectivity index (χ4v) is 10.2. The van der Waals surface area contributed by atoms with Gasteiger partial charge in [0.05, 0.1) is 18.2 Å². The van der Waals surface area contributed by atoms with Crippen LogP contribution >= 0.6 is 0 Å². The summed E-state index contributed by atoms with van der Waals surface area (Å²) in [5.74, 6) is -0.0660. The van der Waals surface area contributed by atoms with E-state index in [0.717, 1.165) is 60.9 Å². The van der Waals surface area contributed by atoms with Crippen LogP contribution in [0.1, 0.15) is 121 Å². The number of oxime groups is 1. The Morgan fingerprint density at radius 3 is 2.49 bits per heavy atom. The lowest BCUT2D eigenvalue weighted by Gasteiger charge is -2.60. The zero-order chi connectivity index (χ0) is 41.6. The summed E-state index contributed by atoms with van der Waals surface area (Å²) in [5.41, 5.74) is 3.64. The zero-order valence-corrected chi connectivity index (χ0v) is 35.3. The Balaban J connectivity index is 1.48. The van der Waals surface area contributed by atoms with E-state index in [-0.39, 0.29) is 43.5 Å². The largest absolute Gasteiger partial charge is 0.459 e. The summed E-state index contributed by atoms with van der Waals surface area (Å²) in [4.78, 5) is 35.7. The summed E-state index contributed by atoms with van der Waals surface area (Å²) in [7, 11) is 0. The highest BCUT2D eigenvalue weighted by atomic mass is 16.7. The molecule has 322 valence electrons. The van der Waals surface area contributed by atoms with E-state index < -0.39 is 23.8 Å². The maximum Gasteiger partial charge on any atom is 0.412 e. The first-order valence-electron chi connectivity index (χ1n) is 22.4. The van der Waals surface area contributed by atoms with Gasteiger partial charge in [-0.05, 0) is 92.5 Å². The Morgan fingerprint density at radius 1 is 1.02 bits per heavy atom. The first-order chi connectivity index (χ1) is 28.9. The predicted molar refractivity (Wildman–Crippen MR) is 229 cm³/mol. The Labute approximate surface area is 351 Å². The molecule has 3 N–H and O–H groups in total. The van der Waals surface area contributed by atoms with Crippen LogP contribution in [0.15, 0.2) is 78.0 Å². The van der Waals surface area contributed by atoms with Crippen LogP contribution in [0, 0.1) is 23.7 Å². The molecule has 0 aromatic heterocycles. The molecule has 11 heteroatoms. The van der Waals surface area contributed by atoms with Gasteiger partial charge in [0.15, 0.2) is 0 Å². The lowest BCUT2D eigenvalue weighted by molar-refractivity contribution is -0.257. The van der Waals surface area contributed by atoms with Crippen molar-refractivity contribution in [3.63, 3.8) is 0 Å². The van der Waals surface area contributed by atoms with E-state index in [2.05, 4.69) is 24.9 Å². The molecule has 2 amide bonds. The standard InChI is InChI=1S/C48H67N3O8/c1-4-26-51(44(54)25-22-34-16-10-11-17-34)43-32-41(50-57-6-3)39-30-36(20-12-14-27-52)38(21-13-15-28-53)45-40-31-37(58-47(55)49-33-35-18-8-7-9-19-35)23-24-42(40)59-48(43,46(39)45)56-29-5-2/h5,7-9,18-19,23-24,30-31,34,36,38,43,45-46,52-53H,2,4,6,10-17,20-22,25-29,32-33H2,1,3H3,(H,49,55). The van der Waals surface area contributed by atoms with Gasteiger partial charge in [0, 0.05) is 50.6 Å². The fourth-order valence-electron chi connectivity index (χ4n) is 10.2.